The highest BCUT2D eigenvalue weighted by atomic mass is 16.5. The van der Waals surface area contributed by atoms with Gasteiger partial charge in [0.1, 0.15) is 11.4 Å². The second-order valence-corrected chi connectivity index (χ2v) is 8.25. The van der Waals surface area contributed by atoms with E-state index in [-0.39, 0.29) is 5.91 Å². The summed E-state index contributed by atoms with van der Waals surface area (Å²) < 4.78 is 5.89. The van der Waals surface area contributed by atoms with Crippen molar-refractivity contribution in [1.82, 2.24) is 4.90 Å². The predicted octanol–water partition coefficient (Wildman–Crippen LogP) is 6.04. The first-order valence-corrected chi connectivity index (χ1v) is 10.9. The molecule has 1 atom stereocenters. The Morgan fingerprint density at radius 1 is 1.07 bits per heavy atom. The molecule has 0 spiro atoms. The number of benzene rings is 2. The van der Waals surface area contributed by atoms with Crippen molar-refractivity contribution in [2.45, 2.75) is 59.0 Å². The number of carbonyl (C=O) groups excluding carboxylic acids is 1. The SMILES string of the molecule is CCCCN1C(=O)c2ccccc2NC1(CC)c1ccc(OCCC(C)C)cc1. The molecule has 1 unspecified atom stereocenters. The number of hydrogen-bond donors (Lipinski definition) is 1. The first-order valence-electron chi connectivity index (χ1n) is 10.9. The van der Waals surface area contributed by atoms with E-state index in [1.165, 1.54) is 0 Å². The van der Waals surface area contributed by atoms with E-state index in [0.717, 1.165) is 61.4 Å². The molecule has 0 bridgehead atoms. The van der Waals surface area contributed by atoms with Crippen LogP contribution in [0.2, 0.25) is 0 Å². The van der Waals surface area contributed by atoms with Crippen LogP contribution in [0.15, 0.2) is 48.5 Å². The molecule has 4 heteroatoms. The van der Waals surface area contributed by atoms with Gasteiger partial charge in [0.25, 0.3) is 5.91 Å². The van der Waals surface area contributed by atoms with Gasteiger partial charge in [-0.3, -0.25) is 4.79 Å². The molecule has 0 aromatic heterocycles. The maximum Gasteiger partial charge on any atom is 0.258 e. The van der Waals surface area contributed by atoms with Crippen molar-refractivity contribution >= 4 is 11.6 Å². The molecule has 2 aromatic carbocycles. The number of ether oxygens (including phenoxy) is 1. The molecule has 3 rings (SSSR count). The van der Waals surface area contributed by atoms with Gasteiger partial charge >= 0.3 is 0 Å². The number of para-hydroxylation sites is 1. The number of rotatable bonds is 9. The van der Waals surface area contributed by atoms with Gasteiger partial charge in [-0.15, -0.1) is 0 Å². The van der Waals surface area contributed by atoms with Crippen LogP contribution in [-0.4, -0.2) is 24.0 Å². The summed E-state index contributed by atoms with van der Waals surface area (Å²) in [5.74, 6) is 1.61. The minimum atomic E-state index is -0.545. The van der Waals surface area contributed by atoms with Crippen LogP contribution < -0.4 is 10.1 Å². The summed E-state index contributed by atoms with van der Waals surface area (Å²) in [4.78, 5) is 15.4. The van der Waals surface area contributed by atoms with Gasteiger partial charge in [0.15, 0.2) is 0 Å². The van der Waals surface area contributed by atoms with Gasteiger partial charge in [0.2, 0.25) is 0 Å². The number of anilines is 1. The lowest BCUT2D eigenvalue weighted by atomic mass is 9.89. The third-order valence-corrected chi connectivity index (χ3v) is 5.75. The summed E-state index contributed by atoms with van der Waals surface area (Å²) in [6.07, 6.45) is 3.85. The van der Waals surface area contributed by atoms with E-state index in [1.54, 1.807) is 0 Å². The topological polar surface area (TPSA) is 41.6 Å². The van der Waals surface area contributed by atoms with Crippen molar-refractivity contribution in [1.29, 1.82) is 0 Å². The second-order valence-electron chi connectivity index (χ2n) is 8.25. The van der Waals surface area contributed by atoms with E-state index >= 15 is 0 Å². The third kappa shape index (κ3) is 4.42. The number of nitrogens with one attached hydrogen (secondary N) is 1. The number of fused-ring (bicyclic) bond motifs is 1. The quantitative estimate of drug-likeness (QED) is 0.563. The van der Waals surface area contributed by atoms with Crippen LogP contribution in [0.5, 0.6) is 5.75 Å². The minimum Gasteiger partial charge on any atom is -0.494 e. The van der Waals surface area contributed by atoms with Crippen LogP contribution in [0.4, 0.5) is 5.69 Å². The van der Waals surface area contributed by atoms with Crippen LogP contribution in [0.1, 0.15) is 69.3 Å². The van der Waals surface area contributed by atoms with E-state index in [2.05, 4.69) is 45.1 Å². The Kier molecular flexibility index (Phi) is 6.83. The summed E-state index contributed by atoms with van der Waals surface area (Å²) in [5.41, 5.74) is 2.21. The van der Waals surface area contributed by atoms with Gasteiger partial charge < -0.3 is 15.0 Å². The van der Waals surface area contributed by atoms with Gasteiger partial charge in [-0.1, -0.05) is 58.4 Å². The molecule has 0 saturated carbocycles. The lowest BCUT2D eigenvalue weighted by Gasteiger charge is -2.48. The van der Waals surface area contributed by atoms with Crippen LogP contribution in [0, 0.1) is 5.92 Å². The fourth-order valence-corrected chi connectivity index (χ4v) is 3.95. The normalized spacial score (nSPS) is 18.5. The standard InChI is InChI=1S/C25H34N2O2/c1-5-7-17-27-24(28)22-10-8-9-11-23(22)26-25(27,6-2)20-12-14-21(15-13-20)29-18-16-19(3)4/h8-15,19,26H,5-7,16-18H2,1-4H3. The molecule has 1 N–H and O–H groups in total. The average Bonchev–Trinajstić information content (AvgIpc) is 2.73. The van der Waals surface area contributed by atoms with Crippen molar-refractivity contribution in [3.8, 4) is 5.75 Å². The first-order chi connectivity index (χ1) is 14.0. The van der Waals surface area contributed by atoms with Crippen LogP contribution in [0.3, 0.4) is 0 Å². The zero-order chi connectivity index (χ0) is 20.9. The average molecular weight is 395 g/mol. The van der Waals surface area contributed by atoms with E-state index in [4.69, 9.17) is 4.74 Å². The largest absolute Gasteiger partial charge is 0.494 e. The van der Waals surface area contributed by atoms with Gasteiger partial charge in [-0.05, 0) is 55.0 Å². The van der Waals surface area contributed by atoms with Crippen molar-refractivity contribution in [2.24, 2.45) is 5.92 Å². The van der Waals surface area contributed by atoms with Crippen molar-refractivity contribution in [2.75, 3.05) is 18.5 Å². The molecule has 1 amide bonds. The van der Waals surface area contributed by atoms with E-state index < -0.39 is 5.66 Å². The predicted molar refractivity (Wildman–Crippen MR) is 119 cm³/mol. The van der Waals surface area contributed by atoms with Crippen LogP contribution in [0.25, 0.3) is 0 Å². The van der Waals surface area contributed by atoms with Gasteiger partial charge in [-0.2, -0.15) is 0 Å². The Labute approximate surface area is 175 Å². The highest BCUT2D eigenvalue weighted by Gasteiger charge is 2.44. The third-order valence-electron chi connectivity index (χ3n) is 5.75. The summed E-state index contributed by atoms with van der Waals surface area (Å²) in [6, 6.07) is 16.1. The lowest BCUT2D eigenvalue weighted by Crippen LogP contribution is -2.57. The van der Waals surface area contributed by atoms with E-state index in [0.29, 0.717) is 5.92 Å². The fourth-order valence-electron chi connectivity index (χ4n) is 3.95. The highest BCUT2D eigenvalue weighted by molar-refractivity contribution is 6.02. The fraction of sp³-hybridized carbons (Fsp3) is 0.480. The Morgan fingerprint density at radius 2 is 1.79 bits per heavy atom. The van der Waals surface area contributed by atoms with Gasteiger partial charge in [-0.25, -0.2) is 0 Å². The molecule has 0 saturated heterocycles. The minimum absolute atomic E-state index is 0.104. The molecule has 1 aliphatic heterocycles. The number of hydrogen-bond acceptors (Lipinski definition) is 3. The maximum absolute atomic E-state index is 13.4. The lowest BCUT2D eigenvalue weighted by molar-refractivity contribution is 0.0478. The zero-order valence-electron chi connectivity index (χ0n) is 18.2. The first kappa shape index (κ1) is 21.2. The van der Waals surface area contributed by atoms with Gasteiger partial charge in [0, 0.05) is 12.2 Å². The van der Waals surface area contributed by atoms with Crippen LogP contribution in [-0.2, 0) is 5.66 Å². The molecule has 0 radical (unpaired) electrons. The van der Waals surface area contributed by atoms with E-state index in [1.807, 2.05) is 41.3 Å². The maximum atomic E-state index is 13.4. The zero-order valence-corrected chi connectivity index (χ0v) is 18.2. The smallest absolute Gasteiger partial charge is 0.258 e. The summed E-state index contributed by atoms with van der Waals surface area (Å²) in [5, 5.41) is 3.71. The number of nitrogens with zero attached hydrogens (tertiary/aromatic N) is 1. The van der Waals surface area contributed by atoms with Crippen LogP contribution >= 0.6 is 0 Å². The molecule has 0 fully saturated rings. The van der Waals surface area contributed by atoms with Crippen molar-refractivity contribution in [3.05, 3.63) is 59.7 Å². The molecule has 1 aliphatic rings. The summed E-state index contributed by atoms with van der Waals surface area (Å²) in [6.45, 7) is 10.2. The summed E-state index contributed by atoms with van der Waals surface area (Å²) in [7, 11) is 0. The molecule has 2 aromatic rings. The number of amides is 1. The molecular weight excluding hydrogens is 360 g/mol. The Morgan fingerprint density at radius 3 is 2.45 bits per heavy atom. The number of carbonyl (C=O) groups is 1. The van der Waals surface area contributed by atoms with Crippen molar-refractivity contribution < 1.29 is 9.53 Å². The molecular formula is C25H34N2O2. The van der Waals surface area contributed by atoms with Gasteiger partial charge in [0.05, 0.1) is 12.2 Å². The molecule has 0 aliphatic carbocycles. The molecule has 156 valence electrons. The highest BCUT2D eigenvalue weighted by Crippen LogP contribution is 2.40. The summed E-state index contributed by atoms with van der Waals surface area (Å²) >= 11 is 0. The van der Waals surface area contributed by atoms with E-state index in [9.17, 15) is 4.79 Å². The molecule has 1 heterocycles. The Bertz CT molecular complexity index is 816. The monoisotopic (exact) mass is 394 g/mol. The number of unbranched alkanes of at least 4 members (excludes halogenated alkanes) is 1. The molecule has 4 nitrogen and oxygen atoms in total. The van der Waals surface area contributed by atoms with Crippen molar-refractivity contribution in [3.63, 3.8) is 0 Å². The second kappa shape index (κ2) is 9.34. The Balaban J connectivity index is 1.93. The molecule has 29 heavy (non-hydrogen) atoms. The Hall–Kier alpha value is -2.49.